The highest BCUT2D eigenvalue weighted by Crippen LogP contribution is 2.50. The van der Waals surface area contributed by atoms with E-state index in [1.54, 1.807) is 0 Å². The van der Waals surface area contributed by atoms with Gasteiger partial charge in [0.05, 0.1) is 11.6 Å². The number of hydrogen-bond acceptors (Lipinski definition) is 4. The molecule has 250 valence electrons. The summed E-state index contributed by atoms with van der Waals surface area (Å²) in [5.74, 6) is 1.89. The van der Waals surface area contributed by atoms with Crippen LogP contribution in [0.4, 0.5) is 0 Å². The third-order valence-electron chi connectivity index (χ3n) is 10.4. The first-order valence-electron chi connectivity index (χ1n) is 17.8. The normalized spacial score (nSPS) is 12.5. The highest BCUT2D eigenvalue weighted by Gasteiger charge is 2.35. The zero-order chi connectivity index (χ0) is 35.9. The van der Waals surface area contributed by atoms with E-state index in [0.717, 1.165) is 44.5 Å². The van der Waals surface area contributed by atoms with Crippen molar-refractivity contribution in [3.8, 4) is 84.7 Å². The van der Waals surface area contributed by atoms with Gasteiger partial charge in [-0.1, -0.05) is 153 Å². The van der Waals surface area contributed by atoms with Crippen LogP contribution < -0.4 is 0 Å². The van der Waals surface area contributed by atoms with Gasteiger partial charge in [-0.2, -0.15) is 5.26 Å². The van der Waals surface area contributed by atoms with E-state index in [-0.39, 0.29) is 5.41 Å². The quantitative estimate of drug-likeness (QED) is 0.176. The van der Waals surface area contributed by atoms with Crippen LogP contribution in [0, 0.1) is 11.3 Å². The second-order valence-corrected chi connectivity index (χ2v) is 14.0. The lowest BCUT2D eigenvalue weighted by Crippen LogP contribution is -2.15. The Bertz CT molecular complexity index is 2690. The average Bonchev–Trinajstić information content (AvgIpc) is 3.46. The first kappa shape index (κ1) is 32.0. The van der Waals surface area contributed by atoms with E-state index in [1.807, 2.05) is 48.5 Å². The smallest absolute Gasteiger partial charge is 0.164 e. The molecule has 53 heavy (non-hydrogen) atoms. The minimum atomic E-state index is -0.154. The molecule has 0 N–H and O–H groups in total. The van der Waals surface area contributed by atoms with Gasteiger partial charge in [-0.25, -0.2) is 15.0 Å². The Kier molecular flexibility index (Phi) is 7.83. The van der Waals surface area contributed by atoms with Crippen molar-refractivity contribution in [2.75, 3.05) is 0 Å². The van der Waals surface area contributed by atoms with Crippen LogP contribution >= 0.6 is 0 Å². The molecule has 0 amide bonds. The lowest BCUT2D eigenvalue weighted by atomic mass is 9.81. The van der Waals surface area contributed by atoms with Crippen LogP contribution in [0.25, 0.3) is 78.7 Å². The Morgan fingerprint density at radius 1 is 0.377 bits per heavy atom. The predicted octanol–water partition coefficient (Wildman–Crippen LogP) is 12.1. The van der Waals surface area contributed by atoms with Gasteiger partial charge in [-0.3, -0.25) is 0 Å². The molecule has 0 radical (unpaired) electrons. The first-order chi connectivity index (χ1) is 25.9. The topological polar surface area (TPSA) is 62.5 Å². The summed E-state index contributed by atoms with van der Waals surface area (Å²) in [4.78, 5) is 15.0. The van der Waals surface area contributed by atoms with Crippen LogP contribution in [-0.2, 0) is 5.41 Å². The maximum Gasteiger partial charge on any atom is 0.164 e. The number of aromatic nitrogens is 3. The van der Waals surface area contributed by atoms with Crippen LogP contribution in [0.5, 0.6) is 0 Å². The molecule has 0 bridgehead atoms. The van der Waals surface area contributed by atoms with Crippen LogP contribution in [0.2, 0.25) is 0 Å². The van der Waals surface area contributed by atoms with Crippen LogP contribution in [0.3, 0.4) is 0 Å². The summed E-state index contributed by atoms with van der Waals surface area (Å²) < 4.78 is 0. The molecule has 1 aliphatic carbocycles. The third kappa shape index (κ3) is 5.89. The standard InChI is InChI=1S/C49H34N4/c1-49(2)44-26-24-39(30-43(44)42-25-19-32(31-50)27-45(42)49)35-22-20-34(21-23-35)38-16-10-18-41(29-38)48-52-46(36-13-7-4-8-14-36)51-47(53-48)40-17-9-15-37(28-40)33-11-5-3-6-12-33/h3-30H,1-2H3. The van der Waals surface area contributed by atoms with Gasteiger partial charge < -0.3 is 0 Å². The zero-order valence-electron chi connectivity index (χ0n) is 29.5. The van der Waals surface area contributed by atoms with Gasteiger partial charge in [0, 0.05) is 22.1 Å². The van der Waals surface area contributed by atoms with E-state index in [0.29, 0.717) is 23.0 Å². The van der Waals surface area contributed by atoms with Crippen LogP contribution in [0.15, 0.2) is 170 Å². The van der Waals surface area contributed by atoms with Crippen molar-refractivity contribution >= 4 is 0 Å². The highest BCUT2D eigenvalue weighted by molar-refractivity contribution is 5.85. The summed E-state index contributed by atoms with van der Waals surface area (Å²) in [5.41, 5.74) is 15.1. The maximum atomic E-state index is 9.52. The molecule has 0 atom stereocenters. The number of nitriles is 1. The largest absolute Gasteiger partial charge is 0.208 e. The summed E-state index contributed by atoms with van der Waals surface area (Å²) >= 11 is 0. The summed E-state index contributed by atoms with van der Waals surface area (Å²) in [6, 6.07) is 61.1. The molecule has 1 heterocycles. The van der Waals surface area contributed by atoms with Gasteiger partial charge in [0.2, 0.25) is 0 Å². The van der Waals surface area contributed by atoms with Crippen molar-refractivity contribution in [3.05, 3.63) is 187 Å². The molecule has 7 aromatic carbocycles. The molecular formula is C49H34N4. The summed E-state index contributed by atoms with van der Waals surface area (Å²) in [7, 11) is 0. The fourth-order valence-electron chi connectivity index (χ4n) is 7.51. The third-order valence-corrected chi connectivity index (χ3v) is 10.4. The van der Waals surface area contributed by atoms with Crippen LogP contribution in [0.1, 0.15) is 30.5 Å². The molecule has 0 aliphatic heterocycles. The Morgan fingerprint density at radius 3 is 1.40 bits per heavy atom. The SMILES string of the molecule is CC1(C)c2ccc(-c3ccc(-c4cccc(-c5nc(-c6ccccc6)nc(-c6cccc(-c7ccccc7)c6)n5)c4)cc3)cc2-c2ccc(C#N)cc21. The van der Waals surface area contributed by atoms with E-state index >= 15 is 0 Å². The molecule has 1 aliphatic rings. The number of fused-ring (bicyclic) bond motifs is 3. The van der Waals surface area contributed by atoms with E-state index in [4.69, 9.17) is 15.0 Å². The first-order valence-corrected chi connectivity index (χ1v) is 17.8. The van der Waals surface area contributed by atoms with E-state index in [2.05, 4.69) is 141 Å². The number of nitrogens with zero attached hydrogens (tertiary/aromatic N) is 4. The van der Waals surface area contributed by atoms with Crippen molar-refractivity contribution in [2.24, 2.45) is 0 Å². The van der Waals surface area contributed by atoms with E-state index < -0.39 is 0 Å². The van der Waals surface area contributed by atoms with Gasteiger partial charge in [0.1, 0.15) is 0 Å². The highest BCUT2D eigenvalue weighted by atomic mass is 15.0. The van der Waals surface area contributed by atoms with Crippen molar-refractivity contribution in [3.63, 3.8) is 0 Å². The number of rotatable bonds is 6. The van der Waals surface area contributed by atoms with Gasteiger partial charge in [0.15, 0.2) is 17.5 Å². The average molecular weight is 679 g/mol. The minimum absolute atomic E-state index is 0.154. The van der Waals surface area contributed by atoms with Gasteiger partial charge in [-0.05, 0) is 86.0 Å². The monoisotopic (exact) mass is 678 g/mol. The van der Waals surface area contributed by atoms with Gasteiger partial charge in [0.25, 0.3) is 0 Å². The number of hydrogen-bond donors (Lipinski definition) is 0. The second-order valence-electron chi connectivity index (χ2n) is 14.0. The van der Waals surface area contributed by atoms with Crippen molar-refractivity contribution in [2.45, 2.75) is 19.3 Å². The van der Waals surface area contributed by atoms with Crippen molar-refractivity contribution < 1.29 is 0 Å². The lowest BCUT2D eigenvalue weighted by Gasteiger charge is -2.21. The molecule has 4 nitrogen and oxygen atoms in total. The Hall–Kier alpha value is -6.96. The molecule has 8 aromatic rings. The summed E-state index contributed by atoms with van der Waals surface area (Å²) in [6.45, 7) is 4.48. The Labute approximate surface area is 309 Å². The summed E-state index contributed by atoms with van der Waals surface area (Å²) in [6.07, 6.45) is 0. The van der Waals surface area contributed by atoms with E-state index in [1.165, 1.54) is 27.8 Å². The van der Waals surface area contributed by atoms with Crippen LogP contribution in [-0.4, -0.2) is 15.0 Å². The molecule has 4 heteroatoms. The molecule has 0 saturated heterocycles. The molecule has 9 rings (SSSR count). The maximum absolute atomic E-state index is 9.52. The van der Waals surface area contributed by atoms with Gasteiger partial charge >= 0.3 is 0 Å². The summed E-state index contributed by atoms with van der Waals surface area (Å²) in [5, 5.41) is 9.52. The second kappa shape index (κ2) is 13.0. The minimum Gasteiger partial charge on any atom is -0.208 e. The Balaban J connectivity index is 1.06. The molecule has 0 saturated carbocycles. The molecule has 1 aromatic heterocycles. The van der Waals surface area contributed by atoms with Gasteiger partial charge in [-0.15, -0.1) is 0 Å². The zero-order valence-corrected chi connectivity index (χ0v) is 29.5. The lowest BCUT2D eigenvalue weighted by molar-refractivity contribution is 0.660. The predicted molar refractivity (Wildman–Crippen MR) is 215 cm³/mol. The van der Waals surface area contributed by atoms with E-state index in [9.17, 15) is 5.26 Å². The Morgan fingerprint density at radius 2 is 0.830 bits per heavy atom. The van der Waals surface area contributed by atoms with Crippen molar-refractivity contribution in [1.29, 1.82) is 5.26 Å². The molecule has 0 fully saturated rings. The molecule has 0 unspecified atom stereocenters. The fraction of sp³-hybridized carbons (Fsp3) is 0.0612. The molecular weight excluding hydrogens is 645 g/mol. The van der Waals surface area contributed by atoms with Crippen molar-refractivity contribution in [1.82, 2.24) is 15.0 Å². The molecule has 0 spiro atoms. The number of benzene rings is 7. The fourth-order valence-corrected chi connectivity index (χ4v) is 7.51.